The fourth-order valence-corrected chi connectivity index (χ4v) is 2.51. The van der Waals surface area contributed by atoms with Gasteiger partial charge in [-0.05, 0) is 42.8 Å². The maximum absolute atomic E-state index is 12.4. The van der Waals surface area contributed by atoms with Gasteiger partial charge in [-0.25, -0.2) is 4.79 Å². The number of amides is 2. The van der Waals surface area contributed by atoms with E-state index in [1.807, 2.05) is 55.5 Å². The molecule has 4 heteroatoms. The molecule has 1 aliphatic rings. The Balaban J connectivity index is 1.76. The number of fused-ring (bicyclic) bond motifs is 1. The van der Waals surface area contributed by atoms with E-state index in [-0.39, 0.29) is 6.03 Å². The Bertz CT molecular complexity index is 640. The fraction of sp³-hybridized carbons (Fsp3) is 0.235. The van der Waals surface area contributed by atoms with E-state index < -0.39 is 0 Å². The molecule has 3 rings (SSSR count). The number of carbonyl (C=O) groups excluding carboxylic acids is 1. The van der Waals surface area contributed by atoms with Crippen molar-refractivity contribution in [3.05, 3.63) is 54.1 Å². The number of rotatable bonds is 3. The molecular weight excluding hydrogens is 264 g/mol. The van der Waals surface area contributed by atoms with Crippen LogP contribution in [0.2, 0.25) is 0 Å². The van der Waals surface area contributed by atoms with E-state index >= 15 is 0 Å². The molecule has 2 aromatic carbocycles. The maximum Gasteiger partial charge on any atom is 0.326 e. The highest BCUT2D eigenvalue weighted by Gasteiger charge is 2.16. The lowest BCUT2D eigenvalue weighted by Gasteiger charge is -2.21. The smallest absolute Gasteiger partial charge is 0.326 e. The van der Waals surface area contributed by atoms with Gasteiger partial charge in [0.05, 0.1) is 6.61 Å². The second-order valence-electron chi connectivity index (χ2n) is 4.93. The Morgan fingerprint density at radius 1 is 1.24 bits per heavy atom. The molecule has 0 radical (unpaired) electrons. The topological polar surface area (TPSA) is 41.6 Å². The summed E-state index contributed by atoms with van der Waals surface area (Å²) in [7, 11) is 0. The first-order chi connectivity index (χ1) is 10.3. The Hall–Kier alpha value is -2.49. The van der Waals surface area contributed by atoms with Crippen LogP contribution < -0.4 is 15.0 Å². The van der Waals surface area contributed by atoms with Crippen LogP contribution in [0, 0.1) is 0 Å². The van der Waals surface area contributed by atoms with Gasteiger partial charge in [0.25, 0.3) is 0 Å². The number of nitrogens with one attached hydrogen (secondary N) is 1. The van der Waals surface area contributed by atoms with Crippen LogP contribution in [-0.4, -0.2) is 19.2 Å². The second-order valence-corrected chi connectivity index (χ2v) is 4.93. The molecule has 0 aliphatic carbocycles. The van der Waals surface area contributed by atoms with Gasteiger partial charge in [0, 0.05) is 24.3 Å². The molecule has 0 fully saturated rings. The van der Waals surface area contributed by atoms with E-state index in [4.69, 9.17) is 4.74 Å². The lowest BCUT2D eigenvalue weighted by Crippen LogP contribution is -2.34. The normalized spacial score (nSPS) is 12.4. The SMILES string of the molecule is CCN(C(=O)Nc1ccc2c(c1)CCO2)c1ccccc1. The summed E-state index contributed by atoms with van der Waals surface area (Å²) in [5.41, 5.74) is 2.84. The predicted molar refractivity (Wildman–Crippen MR) is 84.1 cm³/mol. The fourth-order valence-electron chi connectivity index (χ4n) is 2.51. The number of nitrogens with zero attached hydrogens (tertiary/aromatic N) is 1. The number of benzene rings is 2. The third-order valence-electron chi connectivity index (χ3n) is 3.57. The highest BCUT2D eigenvalue weighted by Crippen LogP contribution is 2.28. The Morgan fingerprint density at radius 3 is 2.81 bits per heavy atom. The van der Waals surface area contributed by atoms with Crippen molar-refractivity contribution in [3.8, 4) is 5.75 Å². The van der Waals surface area contributed by atoms with Crippen LogP contribution in [-0.2, 0) is 6.42 Å². The monoisotopic (exact) mass is 282 g/mol. The summed E-state index contributed by atoms with van der Waals surface area (Å²) < 4.78 is 5.47. The maximum atomic E-state index is 12.4. The van der Waals surface area contributed by atoms with Gasteiger partial charge in [-0.1, -0.05) is 18.2 Å². The minimum atomic E-state index is -0.123. The van der Waals surface area contributed by atoms with Crippen LogP contribution in [0.25, 0.3) is 0 Å². The van der Waals surface area contributed by atoms with Crippen LogP contribution in [0.3, 0.4) is 0 Å². The molecule has 0 aromatic heterocycles. The molecule has 108 valence electrons. The van der Waals surface area contributed by atoms with Crippen LogP contribution in [0.15, 0.2) is 48.5 Å². The number of ether oxygens (including phenoxy) is 1. The van der Waals surface area contributed by atoms with E-state index in [1.54, 1.807) is 4.90 Å². The zero-order chi connectivity index (χ0) is 14.7. The third kappa shape index (κ3) is 2.84. The van der Waals surface area contributed by atoms with Crippen LogP contribution in [0.4, 0.5) is 16.2 Å². The third-order valence-corrected chi connectivity index (χ3v) is 3.57. The molecule has 4 nitrogen and oxygen atoms in total. The van der Waals surface area contributed by atoms with Gasteiger partial charge in [-0.15, -0.1) is 0 Å². The molecule has 1 N–H and O–H groups in total. The largest absolute Gasteiger partial charge is 0.493 e. The van der Waals surface area contributed by atoms with Crippen molar-refractivity contribution in [1.82, 2.24) is 0 Å². The molecule has 21 heavy (non-hydrogen) atoms. The number of anilines is 2. The first-order valence-electron chi connectivity index (χ1n) is 7.17. The number of hydrogen-bond acceptors (Lipinski definition) is 2. The molecule has 0 bridgehead atoms. The van der Waals surface area contributed by atoms with Crippen molar-refractivity contribution >= 4 is 17.4 Å². The lowest BCUT2D eigenvalue weighted by atomic mass is 10.1. The van der Waals surface area contributed by atoms with E-state index in [1.165, 1.54) is 0 Å². The number of urea groups is 1. The first-order valence-corrected chi connectivity index (χ1v) is 7.17. The molecule has 0 saturated carbocycles. The first kappa shape index (κ1) is 13.5. The number of para-hydroxylation sites is 1. The quantitative estimate of drug-likeness (QED) is 0.933. The van der Waals surface area contributed by atoms with Gasteiger partial charge < -0.3 is 10.1 Å². The molecule has 0 spiro atoms. The minimum Gasteiger partial charge on any atom is -0.493 e. The highest BCUT2D eigenvalue weighted by atomic mass is 16.5. The number of carbonyl (C=O) groups is 1. The Morgan fingerprint density at radius 2 is 2.05 bits per heavy atom. The number of hydrogen-bond donors (Lipinski definition) is 1. The van der Waals surface area contributed by atoms with Gasteiger partial charge in [-0.3, -0.25) is 4.90 Å². The van der Waals surface area contributed by atoms with E-state index in [2.05, 4.69) is 5.32 Å². The van der Waals surface area contributed by atoms with Crippen molar-refractivity contribution < 1.29 is 9.53 Å². The zero-order valence-electron chi connectivity index (χ0n) is 12.0. The molecule has 0 atom stereocenters. The van der Waals surface area contributed by atoms with E-state index in [0.29, 0.717) is 6.54 Å². The van der Waals surface area contributed by atoms with Crippen molar-refractivity contribution in [2.45, 2.75) is 13.3 Å². The van der Waals surface area contributed by atoms with Crippen molar-refractivity contribution in [3.63, 3.8) is 0 Å². The van der Waals surface area contributed by atoms with E-state index in [0.717, 1.165) is 35.7 Å². The molecule has 1 heterocycles. The Kier molecular flexibility index (Phi) is 3.77. The van der Waals surface area contributed by atoms with Gasteiger partial charge in [0.2, 0.25) is 0 Å². The van der Waals surface area contributed by atoms with Gasteiger partial charge in [-0.2, -0.15) is 0 Å². The molecule has 2 amide bonds. The standard InChI is InChI=1S/C17H18N2O2/c1-2-19(15-6-4-3-5-7-15)17(20)18-14-8-9-16-13(12-14)10-11-21-16/h3-9,12H,2,10-11H2,1H3,(H,18,20). The summed E-state index contributed by atoms with van der Waals surface area (Å²) in [4.78, 5) is 14.1. The van der Waals surface area contributed by atoms with Crippen LogP contribution in [0.5, 0.6) is 5.75 Å². The van der Waals surface area contributed by atoms with Crippen molar-refractivity contribution in [2.75, 3.05) is 23.4 Å². The average Bonchev–Trinajstić information content (AvgIpc) is 2.96. The summed E-state index contributed by atoms with van der Waals surface area (Å²) in [5, 5.41) is 2.95. The lowest BCUT2D eigenvalue weighted by molar-refractivity contribution is 0.257. The van der Waals surface area contributed by atoms with Gasteiger partial charge >= 0.3 is 6.03 Å². The molecule has 0 unspecified atom stereocenters. The van der Waals surface area contributed by atoms with Crippen molar-refractivity contribution in [2.24, 2.45) is 0 Å². The molecule has 0 saturated heterocycles. The molecule has 1 aliphatic heterocycles. The van der Waals surface area contributed by atoms with Gasteiger partial charge in [0.1, 0.15) is 5.75 Å². The summed E-state index contributed by atoms with van der Waals surface area (Å²) >= 11 is 0. The summed E-state index contributed by atoms with van der Waals surface area (Å²) in [6, 6.07) is 15.3. The average molecular weight is 282 g/mol. The van der Waals surface area contributed by atoms with Gasteiger partial charge in [0.15, 0.2) is 0 Å². The highest BCUT2D eigenvalue weighted by molar-refractivity contribution is 6.01. The van der Waals surface area contributed by atoms with Crippen molar-refractivity contribution in [1.29, 1.82) is 0 Å². The minimum absolute atomic E-state index is 0.123. The molecular formula is C17H18N2O2. The summed E-state index contributed by atoms with van der Waals surface area (Å²) in [5.74, 6) is 0.920. The second kappa shape index (κ2) is 5.87. The summed E-state index contributed by atoms with van der Waals surface area (Å²) in [6.07, 6.45) is 0.898. The van der Waals surface area contributed by atoms with Crippen LogP contribution >= 0.6 is 0 Å². The van der Waals surface area contributed by atoms with Crippen LogP contribution in [0.1, 0.15) is 12.5 Å². The van der Waals surface area contributed by atoms with E-state index in [9.17, 15) is 4.79 Å². The summed E-state index contributed by atoms with van der Waals surface area (Å²) in [6.45, 7) is 3.30. The Labute approximate surface area is 124 Å². The predicted octanol–water partition coefficient (Wildman–Crippen LogP) is 3.68. The molecule has 2 aromatic rings. The zero-order valence-corrected chi connectivity index (χ0v) is 12.0.